The number of pyridine rings is 1. The zero-order chi connectivity index (χ0) is 21.5. The number of likely N-dealkylation sites (tertiary alicyclic amines) is 1. The van der Waals surface area contributed by atoms with Gasteiger partial charge in [0, 0.05) is 43.3 Å². The van der Waals surface area contributed by atoms with Gasteiger partial charge in [-0.15, -0.1) is 0 Å². The predicted molar refractivity (Wildman–Crippen MR) is 118 cm³/mol. The Morgan fingerprint density at radius 1 is 1.30 bits per heavy atom. The second kappa shape index (κ2) is 10.2. The fourth-order valence-corrected chi connectivity index (χ4v) is 4.03. The van der Waals surface area contributed by atoms with Crippen LogP contribution in [0.3, 0.4) is 0 Å². The number of amides is 1. The molecule has 0 spiro atoms. The van der Waals surface area contributed by atoms with E-state index in [4.69, 9.17) is 10.00 Å². The maximum Gasteiger partial charge on any atom is 0.260 e. The molecule has 0 N–H and O–H groups in total. The number of ether oxygens (including phenoxy) is 1. The standard InChI is InChI=1S/C24H30N4O2/c1-4-30-22-7-5-20(6-8-22)28(24(29)23-17-26-14-10-18(23)2)21-11-15-27(16-12-21)19(3)9-13-25/h5-8,10,14,17,19,21H,4,9,11-12,15-16H2,1-3H3. The highest BCUT2D eigenvalue weighted by molar-refractivity contribution is 6.07. The molecule has 1 aliphatic rings. The second-order valence-corrected chi connectivity index (χ2v) is 7.77. The highest BCUT2D eigenvalue weighted by Gasteiger charge is 2.31. The molecule has 6 heteroatoms. The van der Waals surface area contributed by atoms with E-state index in [0.29, 0.717) is 18.6 Å². The van der Waals surface area contributed by atoms with Crippen LogP contribution in [0.15, 0.2) is 42.7 Å². The molecule has 1 aromatic carbocycles. The van der Waals surface area contributed by atoms with Crippen molar-refractivity contribution in [3.8, 4) is 11.8 Å². The lowest BCUT2D eigenvalue weighted by molar-refractivity contribution is 0.0950. The summed E-state index contributed by atoms with van der Waals surface area (Å²) < 4.78 is 5.57. The molecule has 1 saturated heterocycles. The van der Waals surface area contributed by atoms with Gasteiger partial charge in [0.15, 0.2) is 0 Å². The van der Waals surface area contributed by atoms with Crippen LogP contribution >= 0.6 is 0 Å². The molecule has 1 aromatic heterocycles. The van der Waals surface area contributed by atoms with Crippen molar-refractivity contribution in [2.75, 3.05) is 24.6 Å². The van der Waals surface area contributed by atoms with Gasteiger partial charge in [0.1, 0.15) is 5.75 Å². The molecule has 0 saturated carbocycles. The molecule has 0 bridgehead atoms. The molecular formula is C24H30N4O2. The van der Waals surface area contributed by atoms with Crippen LogP contribution in [-0.2, 0) is 0 Å². The van der Waals surface area contributed by atoms with Gasteiger partial charge in [-0.1, -0.05) is 0 Å². The van der Waals surface area contributed by atoms with E-state index in [1.165, 1.54) is 0 Å². The number of aryl methyl sites for hydroxylation is 1. The molecule has 1 unspecified atom stereocenters. The van der Waals surface area contributed by atoms with Gasteiger partial charge in [-0.3, -0.25) is 14.7 Å². The first-order valence-corrected chi connectivity index (χ1v) is 10.6. The summed E-state index contributed by atoms with van der Waals surface area (Å²) in [6, 6.07) is 12.2. The van der Waals surface area contributed by atoms with Crippen molar-refractivity contribution in [1.29, 1.82) is 5.26 Å². The Labute approximate surface area is 179 Å². The van der Waals surface area contributed by atoms with E-state index >= 15 is 0 Å². The largest absolute Gasteiger partial charge is 0.494 e. The molecule has 6 nitrogen and oxygen atoms in total. The molecule has 0 aliphatic carbocycles. The minimum Gasteiger partial charge on any atom is -0.494 e. The van der Waals surface area contributed by atoms with Gasteiger partial charge in [-0.25, -0.2) is 0 Å². The summed E-state index contributed by atoms with van der Waals surface area (Å²) in [6.07, 6.45) is 5.63. The van der Waals surface area contributed by atoms with Crippen molar-refractivity contribution in [3.05, 3.63) is 53.9 Å². The van der Waals surface area contributed by atoms with Crippen molar-refractivity contribution in [2.45, 2.75) is 52.1 Å². The molecule has 0 radical (unpaired) electrons. The quantitative estimate of drug-likeness (QED) is 0.689. The lowest BCUT2D eigenvalue weighted by Crippen LogP contribution is -2.49. The number of benzene rings is 1. The zero-order valence-corrected chi connectivity index (χ0v) is 18.0. The van der Waals surface area contributed by atoms with Gasteiger partial charge in [-0.05, 0) is 69.5 Å². The summed E-state index contributed by atoms with van der Waals surface area (Å²) in [6.45, 7) is 8.35. The number of anilines is 1. The normalized spacial score (nSPS) is 15.9. The van der Waals surface area contributed by atoms with Crippen molar-refractivity contribution in [1.82, 2.24) is 9.88 Å². The minimum absolute atomic E-state index is 0.0201. The van der Waals surface area contributed by atoms with E-state index in [9.17, 15) is 4.79 Å². The third kappa shape index (κ3) is 4.98. The maximum absolute atomic E-state index is 13.6. The van der Waals surface area contributed by atoms with Crippen molar-refractivity contribution in [2.24, 2.45) is 0 Å². The third-order valence-electron chi connectivity index (χ3n) is 5.79. The van der Waals surface area contributed by atoms with Crippen molar-refractivity contribution >= 4 is 11.6 Å². The van der Waals surface area contributed by atoms with Crippen LogP contribution in [0.4, 0.5) is 5.69 Å². The number of carbonyl (C=O) groups is 1. The minimum atomic E-state index is -0.0201. The number of aromatic nitrogens is 1. The molecule has 2 heterocycles. The van der Waals surface area contributed by atoms with Crippen molar-refractivity contribution in [3.63, 3.8) is 0 Å². The van der Waals surface area contributed by atoms with Gasteiger partial charge in [0.2, 0.25) is 0 Å². The molecule has 1 amide bonds. The van der Waals surface area contributed by atoms with E-state index in [2.05, 4.69) is 22.9 Å². The van der Waals surface area contributed by atoms with Gasteiger partial charge in [0.25, 0.3) is 5.91 Å². The van der Waals surface area contributed by atoms with E-state index in [1.807, 2.05) is 49.1 Å². The fraction of sp³-hybridized carbons (Fsp3) is 0.458. The average Bonchev–Trinajstić information content (AvgIpc) is 2.76. The number of hydrogen-bond acceptors (Lipinski definition) is 5. The Morgan fingerprint density at radius 2 is 2.00 bits per heavy atom. The monoisotopic (exact) mass is 406 g/mol. The Balaban J connectivity index is 1.86. The Morgan fingerprint density at radius 3 is 2.60 bits per heavy atom. The lowest BCUT2D eigenvalue weighted by Gasteiger charge is -2.40. The summed E-state index contributed by atoms with van der Waals surface area (Å²) in [4.78, 5) is 22.0. The molecule has 1 aliphatic heterocycles. The molecule has 158 valence electrons. The van der Waals surface area contributed by atoms with E-state index in [0.717, 1.165) is 42.9 Å². The number of hydrogen-bond donors (Lipinski definition) is 0. The molecule has 1 atom stereocenters. The molecule has 1 fully saturated rings. The van der Waals surface area contributed by atoms with Crippen LogP contribution in [0.25, 0.3) is 0 Å². The number of piperidine rings is 1. The van der Waals surface area contributed by atoms with Crippen LogP contribution in [0, 0.1) is 18.3 Å². The highest BCUT2D eigenvalue weighted by atomic mass is 16.5. The highest BCUT2D eigenvalue weighted by Crippen LogP contribution is 2.29. The van der Waals surface area contributed by atoms with Crippen LogP contribution in [0.5, 0.6) is 5.75 Å². The second-order valence-electron chi connectivity index (χ2n) is 7.77. The molecule has 30 heavy (non-hydrogen) atoms. The third-order valence-corrected chi connectivity index (χ3v) is 5.79. The smallest absolute Gasteiger partial charge is 0.260 e. The summed E-state index contributed by atoms with van der Waals surface area (Å²) in [5, 5.41) is 9.00. The van der Waals surface area contributed by atoms with Crippen LogP contribution in [0.1, 0.15) is 49.0 Å². The molecule has 2 aromatic rings. The van der Waals surface area contributed by atoms with E-state index < -0.39 is 0 Å². The first-order chi connectivity index (χ1) is 14.5. The molecule has 3 rings (SSSR count). The zero-order valence-electron chi connectivity index (χ0n) is 18.0. The fourth-order valence-electron chi connectivity index (χ4n) is 4.03. The Hall–Kier alpha value is -2.91. The number of rotatable bonds is 7. The van der Waals surface area contributed by atoms with E-state index in [-0.39, 0.29) is 18.0 Å². The topological polar surface area (TPSA) is 69.5 Å². The SMILES string of the molecule is CCOc1ccc(N(C(=O)c2cnccc2C)C2CCN(C(C)CC#N)CC2)cc1. The van der Waals surface area contributed by atoms with Crippen LogP contribution in [0.2, 0.25) is 0 Å². The summed E-state index contributed by atoms with van der Waals surface area (Å²) in [7, 11) is 0. The first kappa shape index (κ1) is 21.8. The Bertz CT molecular complexity index is 883. The average molecular weight is 407 g/mol. The predicted octanol–water partition coefficient (Wildman–Crippen LogP) is 4.20. The first-order valence-electron chi connectivity index (χ1n) is 10.6. The van der Waals surface area contributed by atoms with Crippen LogP contribution in [-0.4, -0.2) is 47.6 Å². The number of nitriles is 1. The number of nitrogens with zero attached hydrogens (tertiary/aromatic N) is 4. The summed E-state index contributed by atoms with van der Waals surface area (Å²) in [5.41, 5.74) is 2.42. The summed E-state index contributed by atoms with van der Waals surface area (Å²) in [5.74, 6) is 0.777. The van der Waals surface area contributed by atoms with E-state index in [1.54, 1.807) is 12.4 Å². The van der Waals surface area contributed by atoms with Gasteiger partial charge >= 0.3 is 0 Å². The van der Waals surface area contributed by atoms with Crippen molar-refractivity contribution < 1.29 is 9.53 Å². The van der Waals surface area contributed by atoms with Gasteiger partial charge < -0.3 is 9.64 Å². The lowest BCUT2D eigenvalue weighted by atomic mass is 9.98. The number of carbonyl (C=O) groups excluding carboxylic acids is 1. The van der Waals surface area contributed by atoms with Crippen LogP contribution < -0.4 is 9.64 Å². The van der Waals surface area contributed by atoms with Gasteiger partial charge in [-0.2, -0.15) is 5.26 Å². The van der Waals surface area contributed by atoms with Gasteiger partial charge in [0.05, 0.1) is 24.7 Å². The molecular weight excluding hydrogens is 376 g/mol. The maximum atomic E-state index is 13.6. The summed E-state index contributed by atoms with van der Waals surface area (Å²) >= 11 is 0. The Kier molecular flexibility index (Phi) is 7.42.